The van der Waals surface area contributed by atoms with Gasteiger partial charge < -0.3 is 28.4 Å². The molecule has 1 aliphatic rings. The molecule has 2 atom stereocenters. The minimum absolute atomic E-state index is 0. The maximum atomic E-state index is 5.99. The summed E-state index contributed by atoms with van der Waals surface area (Å²) in [6, 6.07) is 0. The minimum atomic E-state index is 0. The summed E-state index contributed by atoms with van der Waals surface area (Å²) >= 11 is 5.99. The van der Waals surface area contributed by atoms with E-state index in [4.69, 9.17) is 16.4 Å². The Kier molecular flexibility index (Phi) is 35.2. The molecule has 0 saturated heterocycles. The summed E-state index contributed by atoms with van der Waals surface area (Å²) < 4.78 is 0. The molecule has 0 bridgehead atoms. The second kappa shape index (κ2) is 23.1. The molecular weight excluding hydrogens is 329 g/mol. The van der Waals surface area contributed by atoms with Crippen LogP contribution in [0.2, 0.25) is 0 Å². The molecule has 6 heteroatoms. The molecule has 0 spiro atoms. The normalized spacial score (nSPS) is 20.3. The van der Waals surface area contributed by atoms with Crippen LogP contribution in [0.1, 0.15) is 19.3 Å². The Morgan fingerprint density at radius 1 is 1.06 bits per heavy atom. The number of hydroxylamine groups is 1. The van der Waals surface area contributed by atoms with Crippen LogP contribution in [0.3, 0.4) is 0 Å². The Morgan fingerprint density at radius 3 is 1.78 bits per heavy atom. The third-order valence-corrected chi connectivity index (χ3v) is 2.56. The number of hydrogen-bond acceptors (Lipinski definition) is 1. The van der Waals surface area contributed by atoms with E-state index in [0.29, 0.717) is 17.9 Å². The van der Waals surface area contributed by atoms with Gasteiger partial charge in [-0.1, -0.05) is 6.42 Å². The zero-order valence-corrected chi connectivity index (χ0v) is 15.8. The number of alkyl halides is 1. The maximum Gasteiger partial charge on any atom is 4.00 e. The number of nitrogens with zero attached hydrogens (tertiary/aromatic N) is 3. The molecule has 0 N–H and O–H groups in total. The monoisotopic (exact) mass is 355 g/mol. The van der Waals surface area contributed by atoms with Crippen LogP contribution in [0, 0.1) is 13.3 Å². The zero-order chi connectivity index (χ0) is 12.8. The fourth-order valence-corrected chi connectivity index (χ4v) is 1.70. The average molecular weight is 357 g/mol. The van der Waals surface area contributed by atoms with Crippen molar-refractivity contribution in [1.29, 1.82) is 0 Å². The summed E-state index contributed by atoms with van der Waals surface area (Å²) in [5.74, 6) is 0.533. The van der Waals surface area contributed by atoms with E-state index in [1.54, 1.807) is 35.2 Å². The van der Waals surface area contributed by atoms with Gasteiger partial charge in [0.05, 0.1) is 0 Å². The van der Waals surface area contributed by atoms with Gasteiger partial charge in [-0.2, -0.15) is 28.2 Å². The number of rotatable bonds is 3. The van der Waals surface area contributed by atoms with Gasteiger partial charge in [0.2, 0.25) is 0 Å². The molecule has 1 aliphatic carbocycles. The molecule has 0 aromatic carbocycles. The molecular formula is C12H28ClN3OZr. The van der Waals surface area contributed by atoms with Crippen molar-refractivity contribution in [2.75, 3.05) is 41.8 Å². The van der Waals surface area contributed by atoms with Crippen molar-refractivity contribution < 1.29 is 31.0 Å². The van der Waals surface area contributed by atoms with Crippen LogP contribution in [0.15, 0.2) is 0 Å². The third-order valence-electron chi connectivity index (χ3n) is 1.98. The van der Waals surface area contributed by atoms with Crippen molar-refractivity contribution in [1.82, 2.24) is 0 Å². The van der Waals surface area contributed by atoms with Gasteiger partial charge in [-0.25, -0.2) is 0 Å². The fourth-order valence-electron chi connectivity index (χ4n) is 1.35. The van der Waals surface area contributed by atoms with Gasteiger partial charge in [0.25, 0.3) is 0 Å². The molecule has 0 aromatic rings. The summed E-state index contributed by atoms with van der Waals surface area (Å²) in [5.41, 5.74) is 3.57. The predicted octanol–water partition coefficient (Wildman–Crippen LogP) is 4.02. The summed E-state index contributed by atoms with van der Waals surface area (Å²) in [5, 5.41) is 7.32. The van der Waals surface area contributed by atoms with E-state index in [9.17, 15) is 0 Å². The molecule has 0 heterocycles. The van der Waals surface area contributed by atoms with E-state index in [2.05, 4.69) is 16.1 Å². The molecule has 1 saturated carbocycles. The summed E-state index contributed by atoms with van der Waals surface area (Å²) in [6.45, 7) is 0.699. The van der Waals surface area contributed by atoms with E-state index in [0.717, 1.165) is 6.42 Å². The molecule has 0 aromatic heterocycles. The predicted molar refractivity (Wildman–Crippen MR) is 79.0 cm³/mol. The topological polar surface area (TPSA) is 51.5 Å². The van der Waals surface area contributed by atoms with Crippen LogP contribution in [0.4, 0.5) is 0 Å². The molecule has 18 heavy (non-hydrogen) atoms. The van der Waals surface area contributed by atoms with Gasteiger partial charge in [-0.3, -0.25) is 0 Å². The maximum absolute atomic E-state index is 5.99. The third kappa shape index (κ3) is 19.4. The Morgan fingerprint density at radius 2 is 1.50 bits per heavy atom. The Balaban J connectivity index is -0.000000106. The first-order valence-electron chi connectivity index (χ1n) is 5.48. The van der Waals surface area contributed by atoms with E-state index in [-0.39, 0.29) is 33.6 Å². The molecule has 1 rings (SSSR count). The molecule has 0 radical (unpaired) electrons. The molecule has 1 fully saturated rings. The van der Waals surface area contributed by atoms with Crippen LogP contribution in [0.5, 0.6) is 0 Å². The first-order valence-corrected chi connectivity index (χ1v) is 5.92. The van der Waals surface area contributed by atoms with Gasteiger partial charge in [0, 0.05) is 12.0 Å². The van der Waals surface area contributed by atoms with Crippen molar-refractivity contribution in [2.24, 2.45) is 5.92 Å². The van der Waals surface area contributed by atoms with Crippen molar-refractivity contribution in [3.8, 4) is 0 Å². The van der Waals surface area contributed by atoms with Crippen molar-refractivity contribution >= 4 is 11.6 Å². The number of halogens is 1. The van der Waals surface area contributed by atoms with Gasteiger partial charge in [-0.05, 0) is 18.8 Å². The zero-order valence-electron chi connectivity index (χ0n) is 12.6. The summed E-state index contributed by atoms with van der Waals surface area (Å²) in [7, 11) is 8.65. The Hall–Kier alpha value is 1.01. The largest absolute Gasteiger partial charge is 4.00 e. The van der Waals surface area contributed by atoms with Crippen LogP contribution < -0.4 is 0 Å². The molecule has 108 valence electrons. The van der Waals surface area contributed by atoms with Crippen LogP contribution in [0.25, 0.3) is 16.1 Å². The number of hydrogen-bond donors (Lipinski definition) is 0. The molecule has 0 amide bonds. The Bertz CT molecular complexity index is 132. The average Bonchev–Trinajstić information content (AvgIpc) is 2.63. The van der Waals surface area contributed by atoms with Crippen molar-refractivity contribution in [3.05, 3.63) is 23.5 Å². The Labute approximate surface area is 138 Å². The molecule has 4 nitrogen and oxygen atoms in total. The van der Waals surface area contributed by atoms with Crippen LogP contribution >= 0.6 is 11.6 Å². The van der Waals surface area contributed by atoms with E-state index >= 15 is 0 Å². The second-order valence-electron chi connectivity index (χ2n) is 3.58. The fraction of sp³-hybridized carbons (Fsp3) is 0.917. The van der Waals surface area contributed by atoms with Gasteiger partial charge in [-0.15, -0.1) is 18.6 Å². The van der Waals surface area contributed by atoms with Crippen LogP contribution in [-0.2, 0) is 31.0 Å². The summed E-state index contributed by atoms with van der Waals surface area (Å²) in [4.78, 5) is 4.93. The van der Waals surface area contributed by atoms with Crippen molar-refractivity contribution in [3.63, 3.8) is 0 Å². The van der Waals surface area contributed by atoms with Crippen LogP contribution in [-0.4, -0.2) is 47.2 Å². The standard InChI is InChI=1S/C7H13ClNO.2C2H6N.CH3.Zr/c1-9-10-5-6-3-2-4-7(6)8;2*1-3-2;;/h6-7H,2-5H2,1H3;2*1-2H3;1H3;/q4*-1;+4. The quantitative estimate of drug-likeness (QED) is 0.428. The smallest absolute Gasteiger partial charge is 0.668 e. The van der Waals surface area contributed by atoms with E-state index < -0.39 is 0 Å². The molecule has 0 aliphatic heterocycles. The van der Waals surface area contributed by atoms with E-state index in [1.807, 2.05) is 0 Å². The van der Waals surface area contributed by atoms with E-state index in [1.165, 1.54) is 12.8 Å². The second-order valence-corrected chi connectivity index (χ2v) is 4.14. The minimum Gasteiger partial charge on any atom is -0.668 e. The molecule has 2 unspecified atom stereocenters. The van der Waals surface area contributed by atoms with Crippen molar-refractivity contribution in [2.45, 2.75) is 24.6 Å². The SMILES string of the molecule is C[N-]C.C[N-]C.C[N-]OCC1CCCC1Cl.[CH3-].[Zr+4]. The van der Waals surface area contributed by atoms with Gasteiger partial charge >= 0.3 is 26.2 Å². The first-order chi connectivity index (χ1) is 7.67. The van der Waals surface area contributed by atoms with Gasteiger partial charge in [0.1, 0.15) is 0 Å². The summed E-state index contributed by atoms with van der Waals surface area (Å²) in [6.07, 6.45) is 3.58. The van der Waals surface area contributed by atoms with Gasteiger partial charge in [0.15, 0.2) is 0 Å². The first kappa shape index (κ1) is 27.4.